The molecule has 0 bridgehead atoms. The number of imidazole rings is 1. The van der Waals surface area contributed by atoms with E-state index in [1.165, 1.54) is 0 Å². The number of fused-ring (bicyclic) bond motifs is 1. The topological polar surface area (TPSA) is 75.6 Å². The van der Waals surface area contributed by atoms with Gasteiger partial charge in [-0.2, -0.15) is 5.10 Å². The number of aromatic amines is 1. The average Bonchev–Trinajstić information content (AvgIpc) is 3.19. The molecule has 2 N–H and O–H groups in total. The summed E-state index contributed by atoms with van der Waals surface area (Å²) in [5.74, 6) is 1.19. The molecule has 1 amide bonds. The molecule has 4 rings (SSSR count). The van der Waals surface area contributed by atoms with Crippen LogP contribution in [0.2, 0.25) is 5.02 Å². The normalized spacial score (nSPS) is 11.1. The van der Waals surface area contributed by atoms with E-state index in [1.54, 1.807) is 16.9 Å². The van der Waals surface area contributed by atoms with Crippen molar-refractivity contribution < 1.29 is 4.79 Å². The minimum absolute atomic E-state index is 0.226. The van der Waals surface area contributed by atoms with E-state index >= 15 is 0 Å². The second-order valence-electron chi connectivity index (χ2n) is 6.40. The summed E-state index contributed by atoms with van der Waals surface area (Å²) < 4.78 is 1.74. The van der Waals surface area contributed by atoms with Crippen molar-refractivity contribution in [2.24, 2.45) is 0 Å². The Bertz CT molecular complexity index is 1140. The fourth-order valence-electron chi connectivity index (χ4n) is 3.06. The number of carbonyl (C=O) groups is 1. The van der Waals surface area contributed by atoms with Crippen molar-refractivity contribution in [1.82, 2.24) is 19.7 Å². The summed E-state index contributed by atoms with van der Waals surface area (Å²) >= 11 is 6.26. The standard InChI is InChI=1S/C20H18ClN5O/c1-12-10-22-26(11-14-6-3-4-8-16(14)21)19(12)25-20(27)15-7-5-9-17-18(15)24-13(2)23-17/h3-10H,11H2,1-2H3,(H,23,24)(H,25,27). The fourth-order valence-corrected chi connectivity index (χ4v) is 3.26. The van der Waals surface area contributed by atoms with Gasteiger partial charge in [0.1, 0.15) is 17.2 Å². The van der Waals surface area contributed by atoms with Crippen LogP contribution in [-0.4, -0.2) is 25.7 Å². The first-order chi connectivity index (χ1) is 13.0. The molecule has 0 aliphatic heterocycles. The quantitative estimate of drug-likeness (QED) is 0.554. The molecule has 0 aliphatic carbocycles. The molecule has 6 nitrogen and oxygen atoms in total. The number of para-hydroxylation sites is 1. The number of hydrogen-bond donors (Lipinski definition) is 2. The van der Waals surface area contributed by atoms with E-state index in [-0.39, 0.29) is 5.91 Å². The highest BCUT2D eigenvalue weighted by Crippen LogP contribution is 2.22. The van der Waals surface area contributed by atoms with Gasteiger partial charge in [-0.15, -0.1) is 0 Å². The van der Waals surface area contributed by atoms with Crippen LogP contribution in [0.3, 0.4) is 0 Å². The largest absolute Gasteiger partial charge is 0.342 e. The lowest BCUT2D eigenvalue weighted by Gasteiger charge is -2.11. The van der Waals surface area contributed by atoms with Crippen molar-refractivity contribution in [3.05, 3.63) is 76.2 Å². The van der Waals surface area contributed by atoms with Gasteiger partial charge in [-0.05, 0) is 37.6 Å². The van der Waals surface area contributed by atoms with E-state index in [0.29, 0.717) is 28.5 Å². The van der Waals surface area contributed by atoms with Crippen molar-refractivity contribution in [1.29, 1.82) is 0 Å². The summed E-state index contributed by atoms with van der Waals surface area (Å²) in [6.45, 7) is 4.24. The third kappa shape index (κ3) is 3.31. The summed E-state index contributed by atoms with van der Waals surface area (Å²) in [7, 11) is 0. The molecule has 2 aromatic carbocycles. The number of halogens is 1. The molecule has 0 saturated carbocycles. The van der Waals surface area contributed by atoms with E-state index < -0.39 is 0 Å². The smallest absolute Gasteiger partial charge is 0.259 e. The fraction of sp³-hybridized carbons (Fsp3) is 0.150. The van der Waals surface area contributed by atoms with E-state index in [9.17, 15) is 4.79 Å². The number of H-pyrrole nitrogens is 1. The highest BCUT2D eigenvalue weighted by molar-refractivity contribution is 6.31. The molecule has 4 aromatic rings. The molecule has 0 fully saturated rings. The second-order valence-corrected chi connectivity index (χ2v) is 6.81. The molecule has 27 heavy (non-hydrogen) atoms. The monoisotopic (exact) mass is 379 g/mol. The van der Waals surface area contributed by atoms with Crippen LogP contribution in [0.5, 0.6) is 0 Å². The van der Waals surface area contributed by atoms with E-state index in [4.69, 9.17) is 11.6 Å². The van der Waals surface area contributed by atoms with Crippen LogP contribution in [0.4, 0.5) is 5.82 Å². The summed E-state index contributed by atoms with van der Waals surface area (Å²) in [6, 6.07) is 13.1. The lowest BCUT2D eigenvalue weighted by atomic mass is 10.1. The van der Waals surface area contributed by atoms with E-state index in [1.807, 2.05) is 50.2 Å². The van der Waals surface area contributed by atoms with Crippen molar-refractivity contribution in [2.45, 2.75) is 20.4 Å². The van der Waals surface area contributed by atoms with E-state index in [0.717, 1.165) is 22.5 Å². The number of nitrogens with zero attached hydrogens (tertiary/aromatic N) is 3. The lowest BCUT2D eigenvalue weighted by molar-refractivity contribution is 0.102. The number of rotatable bonds is 4. The number of anilines is 1. The van der Waals surface area contributed by atoms with Crippen LogP contribution in [-0.2, 0) is 6.54 Å². The number of carbonyl (C=O) groups excluding carboxylic acids is 1. The zero-order valence-electron chi connectivity index (χ0n) is 15.0. The summed E-state index contributed by atoms with van der Waals surface area (Å²) in [5.41, 5.74) is 3.81. The summed E-state index contributed by atoms with van der Waals surface area (Å²) in [6.07, 6.45) is 1.73. The molecule has 0 saturated heterocycles. The first kappa shape index (κ1) is 17.3. The van der Waals surface area contributed by atoms with Crippen LogP contribution >= 0.6 is 11.6 Å². The second kappa shape index (κ2) is 6.89. The maximum absolute atomic E-state index is 12.9. The Balaban J connectivity index is 1.65. The molecule has 0 aliphatic rings. The number of aromatic nitrogens is 4. The number of hydrogen-bond acceptors (Lipinski definition) is 3. The molecule has 0 spiro atoms. The van der Waals surface area contributed by atoms with Gasteiger partial charge in [0, 0.05) is 10.6 Å². The molecule has 2 heterocycles. The van der Waals surface area contributed by atoms with Crippen LogP contribution in [0.15, 0.2) is 48.7 Å². The molecule has 0 radical (unpaired) electrons. The van der Waals surface area contributed by atoms with Crippen LogP contribution < -0.4 is 5.32 Å². The number of amides is 1. The van der Waals surface area contributed by atoms with Gasteiger partial charge in [-0.25, -0.2) is 9.67 Å². The minimum atomic E-state index is -0.226. The Morgan fingerprint density at radius 3 is 2.81 bits per heavy atom. The van der Waals surface area contributed by atoms with Gasteiger partial charge in [0.15, 0.2) is 0 Å². The molecular weight excluding hydrogens is 362 g/mol. The number of aryl methyl sites for hydroxylation is 2. The van der Waals surface area contributed by atoms with Crippen molar-refractivity contribution in [3.63, 3.8) is 0 Å². The highest BCUT2D eigenvalue weighted by atomic mass is 35.5. The highest BCUT2D eigenvalue weighted by Gasteiger charge is 2.17. The summed E-state index contributed by atoms with van der Waals surface area (Å²) in [5, 5.41) is 8.03. The molecule has 0 atom stereocenters. The van der Waals surface area contributed by atoms with Crippen LogP contribution in [0.1, 0.15) is 27.3 Å². The Labute approximate surface area is 161 Å². The molecule has 0 unspecified atom stereocenters. The van der Waals surface area contributed by atoms with Crippen LogP contribution in [0.25, 0.3) is 11.0 Å². The molecule has 2 aromatic heterocycles. The van der Waals surface area contributed by atoms with Crippen molar-refractivity contribution in [3.8, 4) is 0 Å². The van der Waals surface area contributed by atoms with Crippen LogP contribution in [0, 0.1) is 13.8 Å². The van der Waals surface area contributed by atoms with Gasteiger partial charge < -0.3 is 10.3 Å². The first-order valence-electron chi connectivity index (χ1n) is 8.55. The van der Waals surface area contributed by atoms with Gasteiger partial charge in [-0.1, -0.05) is 35.9 Å². The number of nitrogens with one attached hydrogen (secondary N) is 2. The van der Waals surface area contributed by atoms with Gasteiger partial charge in [0.05, 0.1) is 23.8 Å². The maximum Gasteiger partial charge on any atom is 0.259 e. The summed E-state index contributed by atoms with van der Waals surface area (Å²) in [4.78, 5) is 20.5. The Morgan fingerprint density at radius 1 is 1.19 bits per heavy atom. The Hall–Kier alpha value is -3.12. The zero-order valence-corrected chi connectivity index (χ0v) is 15.7. The Morgan fingerprint density at radius 2 is 2.00 bits per heavy atom. The van der Waals surface area contributed by atoms with Gasteiger partial charge in [0.2, 0.25) is 0 Å². The Kier molecular flexibility index (Phi) is 4.41. The zero-order chi connectivity index (χ0) is 19.0. The SMILES string of the molecule is Cc1nc2c(C(=O)Nc3c(C)cnn3Cc3ccccc3Cl)cccc2[nH]1. The van der Waals surface area contributed by atoms with Crippen molar-refractivity contribution >= 4 is 34.4 Å². The molecule has 7 heteroatoms. The maximum atomic E-state index is 12.9. The third-order valence-corrected chi connectivity index (χ3v) is 4.78. The first-order valence-corrected chi connectivity index (χ1v) is 8.93. The number of benzene rings is 2. The van der Waals surface area contributed by atoms with Crippen molar-refractivity contribution in [2.75, 3.05) is 5.32 Å². The predicted octanol–water partition coefficient (Wildman–Crippen LogP) is 4.33. The lowest BCUT2D eigenvalue weighted by Crippen LogP contribution is -2.17. The van der Waals surface area contributed by atoms with E-state index in [2.05, 4.69) is 20.4 Å². The van der Waals surface area contributed by atoms with Gasteiger partial charge >= 0.3 is 0 Å². The third-order valence-electron chi connectivity index (χ3n) is 4.41. The minimum Gasteiger partial charge on any atom is -0.342 e. The molecular formula is C20H18ClN5O. The van der Waals surface area contributed by atoms with Gasteiger partial charge in [0.25, 0.3) is 5.91 Å². The molecule has 136 valence electrons. The predicted molar refractivity (Wildman–Crippen MR) is 106 cm³/mol. The van der Waals surface area contributed by atoms with Gasteiger partial charge in [-0.3, -0.25) is 4.79 Å². The average molecular weight is 380 g/mol.